The average molecular weight is 441 g/mol. The van der Waals surface area contributed by atoms with Gasteiger partial charge in [0.1, 0.15) is 11.9 Å². The third kappa shape index (κ3) is 5.87. The maximum atomic E-state index is 12.9. The molecule has 32 heavy (non-hydrogen) atoms. The Morgan fingerprint density at radius 1 is 1.00 bits per heavy atom. The van der Waals surface area contributed by atoms with Crippen LogP contribution in [0.3, 0.4) is 0 Å². The summed E-state index contributed by atoms with van der Waals surface area (Å²) in [6.07, 6.45) is -3.13. The normalized spacial score (nSPS) is 12.3. The number of hydrogen-bond donors (Lipinski definition) is 1. The molecule has 0 aliphatic heterocycles. The summed E-state index contributed by atoms with van der Waals surface area (Å²) in [7, 11) is 1.60. The molecule has 0 fully saturated rings. The molecule has 2 aromatic carbocycles. The third-order valence-electron chi connectivity index (χ3n) is 5.24. The van der Waals surface area contributed by atoms with Crippen LogP contribution in [0.2, 0.25) is 0 Å². The summed E-state index contributed by atoms with van der Waals surface area (Å²) >= 11 is 0. The molecule has 3 rings (SSSR count). The number of aromatic nitrogens is 1. The molecule has 7 heteroatoms. The second kappa shape index (κ2) is 10.3. The Morgan fingerprint density at radius 3 is 2.28 bits per heavy atom. The number of benzene rings is 2. The smallest absolute Gasteiger partial charge is 0.357 e. The number of pyridine rings is 1. The van der Waals surface area contributed by atoms with Crippen molar-refractivity contribution in [3.8, 4) is 0 Å². The van der Waals surface area contributed by atoms with Gasteiger partial charge in [0.15, 0.2) is 0 Å². The average Bonchev–Trinajstić information content (AvgIpc) is 2.78. The van der Waals surface area contributed by atoms with Crippen LogP contribution in [0.25, 0.3) is 0 Å². The molecule has 0 saturated heterocycles. The van der Waals surface area contributed by atoms with Gasteiger partial charge in [-0.2, -0.15) is 13.2 Å². The minimum absolute atomic E-state index is 0.158. The largest absolute Gasteiger partial charge is 0.416 e. The van der Waals surface area contributed by atoms with E-state index in [4.69, 9.17) is 0 Å². The molecule has 0 radical (unpaired) electrons. The quantitative estimate of drug-likeness (QED) is 0.514. The number of carbonyl (C=O) groups excluding carboxylic acids is 1. The Morgan fingerprint density at radius 2 is 1.69 bits per heavy atom. The Labute approximate surface area is 186 Å². The lowest BCUT2D eigenvalue weighted by molar-refractivity contribution is -0.137. The van der Waals surface area contributed by atoms with E-state index in [0.29, 0.717) is 25.2 Å². The summed E-state index contributed by atoms with van der Waals surface area (Å²) < 4.78 is 38.4. The van der Waals surface area contributed by atoms with Gasteiger partial charge in [-0.05, 0) is 55.2 Å². The maximum absolute atomic E-state index is 12.9. The number of nitrogens with zero attached hydrogens (tertiary/aromatic N) is 2. The Hall–Kier alpha value is -3.35. The third-order valence-corrected chi connectivity index (χ3v) is 5.24. The first-order valence-electron chi connectivity index (χ1n) is 10.4. The molecular weight excluding hydrogens is 415 g/mol. The van der Waals surface area contributed by atoms with Crippen LogP contribution < -0.4 is 10.2 Å². The minimum atomic E-state index is -4.34. The molecule has 1 atom stereocenters. The predicted octanol–water partition coefficient (Wildman–Crippen LogP) is 5.34. The highest BCUT2D eigenvalue weighted by molar-refractivity contribution is 5.86. The van der Waals surface area contributed by atoms with E-state index < -0.39 is 17.8 Å². The molecule has 1 N–H and O–H groups in total. The SMILES string of the molecule is CNC(=O)[C@H](c1ccccc1)N(CCCc1ccc(C(F)(F)F)cc1)c1cccc(C)n1. The van der Waals surface area contributed by atoms with Crippen molar-refractivity contribution in [2.45, 2.75) is 32.0 Å². The monoisotopic (exact) mass is 441 g/mol. The van der Waals surface area contributed by atoms with Gasteiger partial charge in [0.05, 0.1) is 5.56 Å². The van der Waals surface area contributed by atoms with Gasteiger partial charge >= 0.3 is 6.18 Å². The number of nitrogens with one attached hydrogen (secondary N) is 1. The highest BCUT2D eigenvalue weighted by Gasteiger charge is 2.30. The number of halogens is 3. The van der Waals surface area contributed by atoms with Crippen LogP contribution in [0.5, 0.6) is 0 Å². The van der Waals surface area contributed by atoms with Gasteiger partial charge in [-0.25, -0.2) is 4.98 Å². The first-order chi connectivity index (χ1) is 15.3. The van der Waals surface area contributed by atoms with Gasteiger partial charge < -0.3 is 10.2 Å². The zero-order valence-electron chi connectivity index (χ0n) is 18.1. The molecule has 168 valence electrons. The molecule has 3 aromatic rings. The lowest BCUT2D eigenvalue weighted by Crippen LogP contribution is -2.40. The number of anilines is 1. The highest BCUT2D eigenvalue weighted by atomic mass is 19.4. The molecule has 0 aliphatic carbocycles. The van der Waals surface area contributed by atoms with Gasteiger partial charge in [-0.1, -0.05) is 48.5 Å². The number of rotatable bonds is 8. The number of alkyl halides is 3. The Bertz CT molecular complexity index is 1020. The second-order valence-corrected chi connectivity index (χ2v) is 7.56. The van der Waals surface area contributed by atoms with Crippen molar-refractivity contribution in [1.82, 2.24) is 10.3 Å². The zero-order valence-corrected chi connectivity index (χ0v) is 18.1. The molecule has 1 aromatic heterocycles. The van der Waals surface area contributed by atoms with Crippen molar-refractivity contribution in [3.63, 3.8) is 0 Å². The van der Waals surface area contributed by atoms with E-state index in [-0.39, 0.29) is 5.91 Å². The van der Waals surface area contributed by atoms with Crippen LogP contribution in [0.1, 0.15) is 34.8 Å². The van der Waals surface area contributed by atoms with Crippen molar-refractivity contribution < 1.29 is 18.0 Å². The summed E-state index contributed by atoms with van der Waals surface area (Å²) in [5.41, 5.74) is 1.82. The number of amides is 1. The molecule has 0 spiro atoms. The second-order valence-electron chi connectivity index (χ2n) is 7.56. The predicted molar refractivity (Wildman–Crippen MR) is 119 cm³/mol. The van der Waals surface area contributed by atoms with E-state index in [9.17, 15) is 18.0 Å². The van der Waals surface area contributed by atoms with Crippen molar-refractivity contribution in [3.05, 3.63) is 95.2 Å². The van der Waals surface area contributed by atoms with Crippen LogP contribution in [0, 0.1) is 6.92 Å². The Balaban J connectivity index is 1.84. The summed E-state index contributed by atoms with van der Waals surface area (Å²) in [6.45, 7) is 2.39. The molecule has 1 heterocycles. The summed E-state index contributed by atoms with van der Waals surface area (Å²) in [5.74, 6) is 0.518. The zero-order chi connectivity index (χ0) is 23.1. The first kappa shape index (κ1) is 23.3. The van der Waals surface area contributed by atoms with Gasteiger partial charge in [0.2, 0.25) is 5.91 Å². The van der Waals surface area contributed by atoms with Crippen molar-refractivity contribution in [2.75, 3.05) is 18.5 Å². The molecule has 0 aliphatic rings. The molecule has 0 unspecified atom stereocenters. The summed E-state index contributed by atoms with van der Waals surface area (Å²) in [5, 5.41) is 2.74. The van der Waals surface area contributed by atoms with Crippen LogP contribution in [-0.4, -0.2) is 24.5 Å². The fourth-order valence-corrected chi connectivity index (χ4v) is 3.62. The lowest BCUT2D eigenvalue weighted by atomic mass is 10.0. The van der Waals surface area contributed by atoms with Crippen LogP contribution in [-0.2, 0) is 17.4 Å². The van der Waals surface area contributed by atoms with Crippen LogP contribution >= 0.6 is 0 Å². The van der Waals surface area contributed by atoms with E-state index in [1.165, 1.54) is 12.1 Å². The molecular formula is C25H26F3N3O. The number of hydrogen-bond acceptors (Lipinski definition) is 3. The van der Waals surface area contributed by atoms with Gasteiger partial charge in [0.25, 0.3) is 0 Å². The number of aryl methyl sites for hydroxylation is 2. The van der Waals surface area contributed by atoms with E-state index in [1.807, 2.05) is 60.4 Å². The first-order valence-corrected chi connectivity index (χ1v) is 10.4. The molecule has 4 nitrogen and oxygen atoms in total. The van der Waals surface area contributed by atoms with Gasteiger partial charge in [-0.15, -0.1) is 0 Å². The van der Waals surface area contributed by atoms with Crippen molar-refractivity contribution in [1.29, 1.82) is 0 Å². The van der Waals surface area contributed by atoms with Crippen LogP contribution in [0.4, 0.5) is 19.0 Å². The lowest BCUT2D eigenvalue weighted by Gasteiger charge is -2.32. The molecule has 0 bridgehead atoms. The van der Waals surface area contributed by atoms with Crippen molar-refractivity contribution >= 4 is 11.7 Å². The van der Waals surface area contributed by atoms with E-state index in [1.54, 1.807) is 7.05 Å². The van der Waals surface area contributed by atoms with E-state index >= 15 is 0 Å². The molecule has 1 amide bonds. The topological polar surface area (TPSA) is 45.2 Å². The molecule has 0 saturated carbocycles. The standard InChI is InChI=1S/C25H26F3N3O/c1-18-8-6-12-22(30-18)31(23(24(32)29-2)20-10-4-3-5-11-20)17-7-9-19-13-15-21(16-14-19)25(26,27)28/h3-6,8,10-16,23H,7,9,17H2,1-2H3,(H,29,32)/t23-/m0/s1. The maximum Gasteiger partial charge on any atom is 0.416 e. The summed E-state index contributed by atoms with van der Waals surface area (Å²) in [6, 6.07) is 19.8. The minimum Gasteiger partial charge on any atom is -0.357 e. The number of carbonyl (C=O) groups is 1. The van der Waals surface area contributed by atoms with E-state index in [0.717, 1.165) is 29.0 Å². The number of likely N-dealkylation sites (N-methyl/N-ethyl adjacent to an activating group) is 1. The van der Waals surface area contributed by atoms with Gasteiger partial charge in [-0.3, -0.25) is 4.79 Å². The fraction of sp³-hybridized carbons (Fsp3) is 0.280. The van der Waals surface area contributed by atoms with Gasteiger partial charge in [0, 0.05) is 19.3 Å². The fourth-order valence-electron chi connectivity index (χ4n) is 3.62. The van der Waals surface area contributed by atoms with E-state index in [2.05, 4.69) is 10.3 Å². The Kier molecular flexibility index (Phi) is 7.51. The highest BCUT2D eigenvalue weighted by Crippen LogP contribution is 2.30. The summed E-state index contributed by atoms with van der Waals surface area (Å²) in [4.78, 5) is 19.5. The van der Waals surface area contributed by atoms with Crippen molar-refractivity contribution in [2.24, 2.45) is 0 Å². The van der Waals surface area contributed by atoms with Crippen LogP contribution in [0.15, 0.2) is 72.8 Å².